The van der Waals surface area contributed by atoms with Gasteiger partial charge in [0.15, 0.2) is 0 Å². The fraction of sp³-hybridized carbons (Fsp3) is 1.00. The number of hydrogen-bond acceptors (Lipinski definition) is 3. The molecular weight excluding hydrogens is 336 g/mol. The van der Waals surface area contributed by atoms with Crippen molar-refractivity contribution < 1.29 is 18.1 Å². The Hall–Kier alpha value is -0.130. The van der Waals surface area contributed by atoms with E-state index >= 15 is 0 Å². The summed E-state index contributed by atoms with van der Waals surface area (Å²) in [6.07, 6.45) is 17.7. The predicted molar refractivity (Wildman–Crippen MR) is 107 cm³/mol. The van der Waals surface area contributed by atoms with Crippen LogP contribution in [0.25, 0.3) is 0 Å². The van der Waals surface area contributed by atoms with Crippen molar-refractivity contribution >= 4 is 10.1 Å². The minimum Gasteiger partial charge on any atom is -0.393 e. The molecule has 2 N–H and O–H groups in total. The molecule has 0 aliphatic rings. The summed E-state index contributed by atoms with van der Waals surface area (Å²) in [6, 6.07) is 0. The molecule has 0 saturated carbocycles. The monoisotopic (exact) mass is 378 g/mol. The summed E-state index contributed by atoms with van der Waals surface area (Å²) in [5, 5.41) is 9.28. The van der Waals surface area contributed by atoms with Crippen LogP contribution in [0, 0.1) is 0 Å². The van der Waals surface area contributed by atoms with Crippen LogP contribution in [0.15, 0.2) is 0 Å². The summed E-state index contributed by atoms with van der Waals surface area (Å²) in [6.45, 7) is 3.78. The average Bonchev–Trinajstić information content (AvgIpc) is 2.55. The Kier molecular flexibility index (Phi) is 16.0. The highest BCUT2D eigenvalue weighted by Gasteiger charge is 2.15. The molecule has 25 heavy (non-hydrogen) atoms. The minimum absolute atomic E-state index is 0.0954. The maximum absolute atomic E-state index is 10.9. The first-order chi connectivity index (χ1) is 11.9. The second kappa shape index (κ2) is 16.1. The van der Waals surface area contributed by atoms with Gasteiger partial charge in [-0.3, -0.25) is 4.55 Å². The molecule has 4 nitrogen and oxygen atoms in total. The fourth-order valence-corrected chi connectivity index (χ4v) is 3.61. The highest BCUT2D eigenvalue weighted by Crippen LogP contribution is 2.15. The predicted octanol–water partition coefficient (Wildman–Crippen LogP) is 5.89. The lowest BCUT2D eigenvalue weighted by atomic mass is 10.0. The van der Waals surface area contributed by atoms with Gasteiger partial charge in [0.2, 0.25) is 0 Å². The normalized spacial score (nSPS) is 14.6. The Bertz CT molecular complexity index is 381. The Balaban J connectivity index is 3.26. The first-order valence-corrected chi connectivity index (χ1v) is 12.0. The third-order valence-corrected chi connectivity index (χ3v) is 6.30. The summed E-state index contributed by atoms with van der Waals surface area (Å²) < 4.78 is 30.7. The zero-order valence-corrected chi connectivity index (χ0v) is 17.4. The van der Waals surface area contributed by atoms with E-state index in [4.69, 9.17) is 4.55 Å². The summed E-state index contributed by atoms with van der Waals surface area (Å²) in [5.74, 6) is 0. The van der Waals surface area contributed by atoms with E-state index in [-0.39, 0.29) is 6.10 Å². The molecule has 0 heterocycles. The van der Waals surface area contributed by atoms with Gasteiger partial charge in [-0.05, 0) is 26.2 Å². The van der Waals surface area contributed by atoms with Gasteiger partial charge in [-0.15, -0.1) is 0 Å². The summed E-state index contributed by atoms with van der Waals surface area (Å²) in [7, 11) is -3.85. The molecule has 0 aromatic rings. The molecule has 152 valence electrons. The number of rotatable bonds is 18. The van der Waals surface area contributed by atoms with E-state index in [1.807, 2.05) is 0 Å². The zero-order chi connectivity index (χ0) is 19.0. The van der Waals surface area contributed by atoms with Crippen LogP contribution < -0.4 is 0 Å². The van der Waals surface area contributed by atoms with E-state index in [1.165, 1.54) is 51.4 Å². The van der Waals surface area contributed by atoms with Crippen molar-refractivity contribution in [3.8, 4) is 0 Å². The second-order valence-corrected chi connectivity index (χ2v) is 9.42. The van der Waals surface area contributed by atoms with E-state index in [2.05, 4.69) is 6.92 Å². The smallest absolute Gasteiger partial charge is 0.267 e. The van der Waals surface area contributed by atoms with E-state index in [0.717, 1.165) is 44.9 Å². The highest BCUT2D eigenvalue weighted by atomic mass is 32.2. The maximum Gasteiger partial charge on any atom is 0.267 e. The molecule has 0 aromatic heterocycles. The number of hydrogen-bond donors (Lipinski definition) is 2. The molecule has 0 aliphatic carbocycles. The molecule has 2 unspecified atom stereocenters. The van der Waals surface area contributed by atoms with Crippen molar-refractivity contribution in [2.75, 3.05) is 0 Å². The van der Waals surface area contributed by atoms with E-state index in [9.17, 15) is 13.5 Å². The Morgan fingerprint density at radius 1 is 0.680 bits per heavy atom. The molecule has 0 rings (SSSR count). The van der Waals surface area contributed by atoms with Crippen molar-refractivity contribution in [2.45, 2.75) is 128 Å². The molecule has 0 fully saturated rings. The highest BCUT2D eigenvalue weighted by molar-refractivity contribution is 7.86. The van der Waals surface area contributed by atoms with Crippen LogP contribution in [0.4, 0.5) is 0 Å². The van der Waals surface area contributed by atoms with Crippen molar-refractivity contribution in [1.82, 2.24) is 0 Å². The van der Waals surface area contributed by atoms with Crippen LogP contribution in [0.2, 0.25) is 0 Å². The quantitative estimate of drug-likeness (QED) is 0.230. The van der Waals surface area contributed by atoms with Crippen LogP contribution >= 0.6 is 0 Å². The first-order valence-electron chi connectivity index (χ1n) is 10.5. The van der Waals surface area contributed by atoms with Crippen molar-refractivity contribution in [2.24, 2.45) is 0 Å². The molecular formula is C20H42O4S. The molecule has 0 aromatic carbocycles. The van der Waals surface area contributed by atoms with E-state index in [1.54, 1.807) is 6.92 Å². The van der Waals surface area contributed by atoms with Crippen molar-refractivity contribution in [3.63, 3.8) is 0 Å². The Morgan fingerprint density at radius 2 is 1.04 bits per heavy atom. The Morgan fingerprint density at radius 3 is 1.44 bits per heavy atom. The lowest BCUT2D eigenvalue weighted by Crippen LogP contribution is -2.16. The third-order valence-electron chi connectivity index (χ3n) is 5.05. The van der Waals surface area contributed by atoms with E-state index in [0.29, 0.717) is 6.42 Å². The lowest BCUT2D eigenvalue weighted by Gasteiger charge is -2.10. The van der Waals surface area contributed by atoms with Gasteiger partial charge < -0.3 is 5.11 Å². The summed E-state index contributed by atoms with van der Waals surface area (Å²) >= 11 is 0. The van der Waals surface area contributed by atoms with E-state index < -0.39 is 15.4 Å². The van der Waals surface area contributed by atoms with Crippen LogP contribution in [0.3, 0.4) is 0 Å². The van der Waals surface area contributed by atoms with Crippen molar-refractivity contribution in [3.05, 3.63) is 0 Å². The fourth-order valence-electron chi connectivity index (χ4n) is 3.15. The van der Waals surface area contributed by atoms with Crippen LogP contribution in [0.5, 0.6) is 0 Å². The maximum atomic E-state index is 10.9. The number of unbranched alkanes of at least 4 members (excludes halogenated alkanes) is 11. The van der Waals surface area contributed by atoms with Gasteiger partial charge in [0, 0.05) is 0 Å². The van der Waals surface area contributed by atoms with Gasteiger partial charge >= 0.3 is 0 Å². The van der Waals surface area contributed by atoms with Crippen molar-refractivity contribution in [1.29, 1.82) is 0 Å². The van der Waals surface area contributed by atoms with Gasteiger partial charge in [0.25, 0.3) is 10.1 Å². The molecule has 0 saturated heterocycles. The summed E-state index contributed by atoms with van der Waals surface area (Å²) in [4.78, 5) is 0. The van der Waals surface area contributed by atoms with Gasteiger partial charge in [-0.1, -0.05) is 90.4 Å². The van der Waals surface area contributed by atoms with Crippen LogP contribution in [0.1, 0.15) is 117 Å². The molecule has 5 heteroatoms. The van der Waals surface area contributed by atoms with Gasteiger partial charge in [0.1, 0.15) is 0 Å². The lowest BCUT2D eigenvalue weighted by molar-refractivity contribution is 0.147. The molecule has 0 amide bonds. The number of aliphatic hydroxyl groups excluding tert-OH is 1. The average molecular weight is 379 g/mol. The van der Waals surface area contributed by atoms with Gasteiger partial charge in [0.05, 0.1) is 11.4 Å². The topological polar surface area (TPSA) is 74.6 Å². The van der Waals surface area contributed by atoms with Crippen LogP contribution in [-0.2, 0) is 10.1 Å². The van der Waals surface area contributed by atoms with Gasteiger partial charge in [-0.25, -0.2) is 0 Å². The molecule has 0 bridgehead atoms. The Labute approximate surface area is 156 Å². The third kappa shape index (κ3) is 17.1. The molecule has 0 aliphatic heterocycles. The summed E-state index contributed by atoms with van der Waals surface area (Å²) in [5.41, 5.74) is 0. The minimum atomic E-state index is -3.85. The zero-order valence-electron chi connectivity index (χ0n) is 16.6. The second-order valence-electron chi connectivity index (χ2n) is 7.59. The SMILES string of the molecule is CCCCCCC(O)CCCCCCCCCCCC(C)S(=O)(=O)O. The molecule has 0 radical (unpaired) electrons. The first kappa shape index (κ1) is 24.9. The van der Waals surface area contributed by atoms with Gasteiger partial charge in [-0.2, -0.15) is 8.42 Å². The standard InChI is InChI=1S/C20H42O4S/c1-3-4-5-14-17-20(21)18-15-12-10-8-6-7-9-11-13-16-19(2)25(22,23)24/h19-21H,3-18H2,1-2H3,(H,22,23,24). The largest absolute Gasteiger partial charge is 0.393 e. The van der Waals surface area contributed by atoms with Crippen LogP contribution in [-0.4, -0.2) is 29.4 Å². The number of aliphatic hydroxyl groups is 1. The molecule has 0 spiro atoms. The molecule has 2 atom stereocenters.